The van der Waals surface area contributed by atoms with Crippen LogP contribution < -0.4 is 0 Å². The van der Waals surface area contributed by atoms with Crippen molar-refractivity contribution in [1.82, 2.24) is 0 Å². The van der Waals surface area contributed by atoms with Crippen LogP contribution in [0, 0.1) is 0 Å². The second kappa shape index (κ2) is 7.72. The Bertz CT molecular complexity index is 1290. The van der Waals surface area contributed by atoms with Crippen molar-refractivity contribution in [3.63, 3.8) is 0 Å². The molecule has 0 radical (unpaired) electrons. The van der Waals surface area contributed by atoms with Crippen molar-refractivity contribution in [2.24, 2.45) is 0 Å². The number of halogens is 1. The van der Waals surface area contributed by atoms with Gasteiger partial charge in [0.2, 0.25) is 0 Å². The van der Waals surface area contributed by atoms with Gasteiger partial charge >= 0.3 is 0 Å². The van der Waals surface area contributed by atoms with Crippen LogP contribution in [-0.4, -0.2) is 10.2 Å². The van der Waals surface area contributed by atoms with E-state index in [1.54, 1.807) is 12.1 Å². The van der Waals surface area contributed by atoms with Crippen molar-refractivity contribution in [3.8, 4) is 22.6 Å². The molecule has 0 saturated carbocycles. The summed E-state index contributed by atoms with van der Waals surface area (Å²) in [5, 5.41) is 21.5. The first-order chi connectivity index (χ1) is 15.5. The lowest BCUT2D eigenvalue weighted by Gasteiger charge is -2.34. The maximum absolute atomic E-state index is 10.4. The minimum Gasteiger partial charge on any atom is -0.508 e. The molecule has 0 aliphatic heterocycles. The van der Waals surface area contributed by atoms with E-state index in [4.69, 9.17) is 11.6 Å². The Labute approximate surface area is 193 Å². The number of fused-ring (bicyclic) bond motifs is 3. The molecule has 1 aliphatic carbocycles. The molecular weight excluding hydrogens is 416 g/mol. The minimum atomic E-state index is -0.605. The first-order valence-electron chi connectivity index (χ1n) is 11.0. The molecule has 3 heteroatoms. The number of benzene rings is 4. The Morgan fingerprint density at radius 2 is 1.22 bits per heavy atom. The lowest BCUT2D eigenvalue weighted by Crippen LogP contribution is -2.29. The molecule has 0 spiro atoms. The van der Waals surface area contributed by atoms with Crippen LogP contribution in [-0.2, 0) is 18.3 Å². The van der Waals surface area contributed by atoms with Gasteiger partial charge in [-0.2, -0.15) is 0 Å². The summed E-state index contributed by atoms with van der Waals surface area (Å²) in [6.07, 6.45) is 1.46. The molecule has 0 fully saturated rings. The smallest absolute Gasteiger partial charge is 0.118 e. The maximum Gasteiger partial charge on any atom is 0.118 e. The molecule has 4 aromatic rings. The molecule has 0 unspecified atom stereocenters. The fraction of sp³-hybridized carbons (Fsp3) is 0.172. The molecule has 0 atom stereocenters. The van der Waals surface area contributed by atoms with Gasteiger partial charge in [-0.05, 0) is 81.6 Å². The van der Waals surface area contributed by atoms with Gasteiger partial charge in [-0.1, -0.05) is 80.0 Å². The van der Waals surface area contributed by atoms with E-state index in [1.807, 2.05) is 18.2 Å². The van der Waals surface area contributed by atoms with E-state index in [2.05, 4.69) is 62.4 Å². The van der Waals surface area contributed by atoms with Gasteiger partial charge in [0.15, 0.2) is 0 Å². The number of phenols is 2. The molecule has 0 bridgehead atoms. The minimum absolute atomic E-state index is 0.309. The molecule has 0 saturated heterocycles. The quantitative estimate of drug-likeness (QED) is 0.309. The first-order valence-corrected chi connectivity index (χ1v) is 11.4. The second-order valence-electron chi connectivity index (χ2n) is 8.38. The fourth-order valence-corrected chi connectivity index (χ4v) is 5.42. The van der Waals surface area contributed by atoms with Crippen molar-refractivity contribution in [2.45, 2.75) is 32.1 Å². The van der Waals surface area contributed by atoms with E-state index in [1.165, 1.54) is 11.1 Å². The van der Waals surface area contributed by atoms with Crippen LogP contribution in [0.15, 0.2) is 78.9 Å². The van der Waals surface area contributed by atoms with Gasteiger partial charge < -0.3 is 10.2 Å². The number of aryl methyl sites for hydroxylation is 2. The third-order valence-electron chi connectivity index (χ3n) is 6.79. The summed E-state index contributed by atoms with van der Waals surface area (Å²) in [5.74, 6) is 0.618. The highest BCUT2D eigenvalue weighted by Crippen LogP contribution is 2.57. The summed E-state index contributed by atoms with van der Waals surface area (Å²) >= 11 is 6.56. The van der Waals surface area contributed by atoms with Gasteiger partial charge in [0.05, 0.1) is 5.41 Å². The molecule has 0 aromatic heterocycles. The first kappa shape index (κ1) is 20.7. The van der Waals surface area contributed by atoms with Crippen molar-refractivity contribution in [2.75, 3.05) is 0 Å². The van der Waals surface area contributed by atoms with Crippen LogP contribution in [0.4, 0.5) is 0 Å². The summed E-state index contributed by atoms with van der Waals surface area (Å²) in [7, 11) is 0. The predicted molar refractivity (Wildman–Crippen MR) is 131 cm³/mol. The van der Waals surface area contributed by atoms with Gasteiger partial charge in [-0.15, -0.1) is 0 Å². The summed E-state index contributed by atoms with van der Waals surface area (Å²) in [5.41, 5.74) is 7.99. The van der Waals surface area contributed by atoms with Crippen molar-refractivity contribution >= 4 is 11.6 Å². The lowest BCUT2D eigenvalue weighted by molar-refractivity contribution is 0.468. The van der Waals surface area contributed by atoms with Gasteiger partial charge in [0, 0.05) is 5.02 Å². The van der Waals surface area contributed by atoms with E-state index >= 15 is 0 Å². The van der Waals surface area contributed by atoms with Crippen molar-refractivity contribution in [3.05, 3.63) is 117 Å². The highest BCUT2D eigenvalue weighted by atomic mass is 35.5. The van der Waals surface area contributed by atoms with Crippen LogP contribution in [0.1, 0.15) is 47.2 Å². The van der Waals surface area contributed by atoms with Crippen LogP contribution >= 0.6 is 11.6 Å². The average molecular weight is 441 g/mol. The Kier molecular flexibility index (Phi) is 4.98. The molecule has 1 aliphatic rings. The van der Waals surface area contributed by atoms with E-state index in [9.17, 15) is 10.2 Å². The predicted octanol–water partition coefficient (Wildman–Crippen LogP) is 7.24. The van der Waals surface area contributed by atoms with E-state index in [-0.39, 0.29) is 0 Å². The number of rotatable bonds is 4. The number of aromatic hydroxyl groups is 2. The summed E-state index contributed by atoms with van der Waals surface area (Å²) in [4.78, 5) is 0. The van der Waals surface area contributed by atoms with Crippen LogP contribution in [0.2, 0.25) is 5.02 Å². The monoisotopic (exact) mass is 440 g/mol. The Hall–Kier alpha value is -3.23. The zero-order valence-corrected chi connectivity index (χ0v) is 18.9. The largest absolute Gasteiger partial charge is 0.508 e. The number of hydrogen-bond donors (Lipinski definition) is 2. The molecule has 0 amide bonds. The normalized spacial score (nSPS) is 13.6. The number of hydrogen-bond acceptors (Lipinski definition) is 2. The summed E-state index contributed by atoms with van der Waals surface area (Å²) < 4.78 is 0. The topological polar surface area (TPSA) is 40.5 Å². The molecular formula is C29H25ClO2. The third-order valence-corrected chi connectivity index (χ3v) is 7.03. The summed E-state index contributed by atoms with van der Waals surface area (Å²) in [6.45, 7) is 4.10. The van der Waals surface area contributed by atoms with Gasteiger partial charge in [0.1, 0.15) is 11.5 Å². The maximum atomic E-state index is 10.4. The van der Waals surface area contributed by atoms with Crippen molar-refractivity contribution < 1.29 is 10.2 Å². The molecule has 4 aromatic carbocycles. The molecule has 5 rings (SSSR count). The van der Waals surface area contributed by atoms with E-state index in [0.29, 0.717) is 16.5 Å². The average Bonchev–Trinajstić information content (AvgIpc) is 3.10. The Morgan fingerprint density at radius 3 is 1.81 bits per heavy atom. The molecule has 0 heterocycles. The van der Waals surface area contributed by atoms with Crippen molar-refractivity contribution in [1.29, 1.82) is 0 Å². The fourth-order valence-electron chi connectivity index (χ4n) is 5.24. The zero-order chi connectivity index (χ0) is 22.5. The highest BCUT2D eigenvalue weighted by molar-refractivity contribution is 6.30. The van der Waals surface area contributed by atoms with Crippen LogP contribution in [0.25, 0.3) is 11.1 Å². The van der Waals surface area contributed by atoms with E-state index < -0.39 is 5.41 Å². The number of phenolic OH excluding ortho intramolecular Hbond substituents is 2. The molecule has 160 valence electrons. The highest BCUT2D eigenvalue weighted by Gasteiger charge is 2.46. The Morgan fingerprint density at radius 1 is 0.656 bits per heavy atom. The van der Waals surface area contributed by atoms with E-state index in [0.717, 1.165) is 46.2 Å². The van der Waals surface area contributed by atoms with Crippen LogP contribution in [0.5, 0.6) is 11.5 Å². The summed E-state index contributed by atoms with van der Waals surface area (Å²) in [6, 6.07) is 26.4. The molecule has 32 heavy (non-hydrogen) atoms. The standard InChI is InChI=1S/C29H25ClO2/c1-3-18-15-20(9-13-27(18)31)29(21-10-14-28(32)19(4-2)16-21)25-8-6-5-7-23(25)24-12-11-22(30)17-26(24)29/h5-17,31-32H,3-4H2,1-2H3. The van der Waals surface area contributed by atoms with Gasteiger partial charge in [-0.25, -0.2) is 0 Å². The van der Waals surface area contributed by atoms with Gasteiger partial charge in [-0.3, -0.25) is 0 Å². The van der Waals surface area contributed by atoms with Gasteiger partial charge in [0.25, 0.3) is 0 Å². The molecule has 2 N–H and O–H groups in total. The lowest BCUT2D eigenvalue weighted by atomic mass is 9.67. The molecule has 2 nitrogen and oxygen atoms in total. The third kappa shape index (κ3) is 2.87. The second-order valence-corrected chi connectivity index (χ2v) is 8.82. The Balaban J connectivity index is 1.96. The van der Waals surface area contributed by atoms with Crippen LogP contribution in [0.3, 0.4) is 0 Å². The zero-order valence-electron chi connectivity index (χ0n) is 18.2. The SMILES string of the molecule is CCc1cc(C2(c3ccc(O)c(CC)c3)c3ccccc3-c3ccc(Cl)cc32)ccc1O.